The molecule has 7 aromatic rings. The number of aromatic carboxylic acids is 1. The Hall–Kier alpha value is -5.17. The number of benzene rings is 3. The number of rotatable bonds is 7. The molecule has 7 rings (SSSR count). The van der Waals surface area contributed by atoms with Gasteiger partial charge in [0.05, 0.1) is 23.3 Å². The predicted molar refractivity (Wildman–Crippen MR) is 157 cm³/mol. The molecule has 40 heavy (non-hydrogen) atoms. The number of carboxylic acid groups (broad SMARTS) is 1. The molecule has 0 aliphatic rings. The third-order valence-corrected chi connectivity index (χ3v) is 7.74. The van der Waals surface area contributed by atoms with E-state index in [1.807, 2.05) is 73.3 Å². The third kappa shape index (κ3) is 3.94. The Bertz CT molecular complexity index is 2030. The molecule has 0 bridgehead atoms. The van der Waals surface area contributed by atoms with Crippen LogP contribution in [0.15, 0.2) is 104 Å². The molecule has 0 amide bonds. The molecule has 3 aromatic carbocycles. The van der Waals surface area contributed by atoms with Crippen LogP contribution in [0.3, 0.4) is 0 Å². The Morgan fingerprint density at radius 1 is 0.925 bits per heavy atom. The lowest BCUT2D eigenvalue weighted by molar-refractivity contribution is 0.0700. The molecule has 0 saturated carbocycles. The van der Waals surface area contributed by atoms with Crippen molar-refractivity contribution in [3.05, 3.63) is 126 Å². The monoisotopic (exact) mass is 525 g/mol. The highest BCUT2D eigenvalue weighted by atomic mass is 16.4. The van der Waals surface area contributed by atoms with Gasteiger partial charge in [0.1, 0.15) is 5.65 Å². The molecule has 0 fully saturated rings. The molecule has 0 spiro atoms. The number of fused-ring (bicyclic) bond motifs is 3. The van der Waals surface area contributed by atoms with Crippen molar-refractivity contribution in [3.8, 4) is 11.3 Å². The maximum absolute atomic E-state index is 12.6. The lowest BCUT2D eigenvalue weighted by Crippen LogP contribution is -2.05. The van der Waals surface area contributed by atoms with E-state index in [1.165, 1.54) is 22.0 Å². The number of hydrogen-bond acceptors (Lipinski definition) is 3. The first kappa shape index (κ1) is 23.9. The normalized spacial score (nSPS) is 11.6. The van der Waals surface area contributed by atoms with E-state index in [1.54, 1.807) is 6.20 Å². The van der Waals surface area contributed by atoms with E-state index >= 15 is 0 Å². The second kappa shape index (κ2) is 9.54. The van der Waals surface area contributed by atoms with Crippen LogP contribution in [-0.4, -0.2) is 34.6 Å². The molecule has 7 nitrogen and oxygen atoms in total. The summed E-state index contributed by atoms with van der Waals surface area (Å²) in [5.74, 6) is -0.957. The number of hydrogen-bond donors (Lipinski definition) is 1. The Kier molecular flexibility index (Phi) is 5.70. The SMILES string of the molecule is Cc1cccc2c1c(Cc1c(-c3ccc4ccccc4c3C(=O)O)nc3ccccn13)cn2CCn1ccnc1. The van der Waals surface area contributed by atoms with Gasteiger partial charge >= 0.3 is 5.97 Å². The first-order valence-corrected chi connectivity index (χ1v) is 13.3. The standard InChI is InChI=1S/C33H27N5O2/c1-22-7-6-10-27-30(22)24(20-37(27)18-17-36-16-14-34-21-36)19-28-32(35-29-11-4-5-15-38(28)29)26-13-12-23-8-2-3-9-25(23)31(26)33(39)40/h2-16,20-21H,17-19H2,1H3,(H,39,40). The molecule has 4 aromatic heterocycles. The summed E-state index contributed by atoms with van der Waals surface area (Å²) < 4.78 is 6.47. The number of imidazole rings is 2. The van der Waals surface area contributed by atoms with Gasteiger partial charge in [0.2, 0.25) is 0 Å². The highest BCUT2D eigenvalue weighted by molar-refractivity contribution is 6.09. The van der Waals surface area contributed by atoms with Gasteiger partial charge in [0, 0.05) is 60.8 Å². The van der Waals surface area contributed by atoms with Crippen LogP contribution in [0.1, 0.15) is 27.2 Å². The largest absolute Gasteiger partial charge is 0.478 e. The molecule has 1 N–H and O–H groups in total. The van der Waals surface area contributed by atoms with Gasteiger partial charge in [-0.15, -0.1) is 0 Å². The minimum atomic E-state index is -0.957. The third-order valence-electron chi connectivity index (χ3n) is 7.74. The van der Waals surface area contributed by atoms with Crippen molar-refractivity contribution in [2.75, 3.05) is 0 Å². The average Bonchev–Trinajstić information content (AvgIpc) is 3.70. The van der Waals surface area contributed by atoms with Crippen molar-refractivity contribution >= 4 is 33.3 Å². The zero-order valence-electron chi connectivity index (χ0n) is 22.0. The quantitative estimate of drug-likeness (QED) is 0.254. The van der Waals surface area contributed by atoms with Gasteiger partial charge in [-0.25, -0.2) is 14.8 Å². The van der Waals surface area contributed by atoms with Gasteiger partial charge in [-0.2, -0.15) is 0 Å². The van der Waals surface area contributed by atoms with Crippen LogP contribution < -0.4 is 0 Å². The van der Waals surface area contributed by atoms with Crippen LogP contribution in [0, 0.1) is 6.92 Å². The van der Waals surface area contributed by atoms with E-state index in [0.717, 1.165) is 29.8 Å². The highest BCUT2D eigenvalue weighted by Gasteiger charge is 2.23. The molecule has 0 saturated heterocycles. The van der Waals surface area contributed by atoms with Gasteiger partial charge in [0.25, 0.3) is 0 Å². The van der Waals surface area contributed by atoms with Crippen molar-refractivity contribution in [1.29, 1.82) is 0 Å². The maximum atomic E-state index is 12.6. The number of aromatic nitrogens is 5. The summed E-state index contributed by atoms with van der Waals surface area (Å²) in [6.07, 6.45) is 10.5. The van der Waals surface area contributed by atoms with E-state index in [-0.39, 0.29) is 5.56 Å². The second-order valence-corrected chi connectivity index (χ2v) is 10.1. The number of carbonyl (C=O) groups is 1. The number of carboxylic acids is 1. The molecule has 0 aliphatic carbocycles. The predicted octanol–water partition coefficient (Wildman–Crippen LogP) is 6.60. The van der Waals surface area contributed by atoms with Gasteiger partial charge in [-0.05, 0) is 47.0 Å². The summed E-state index contributed by atoms with van der Waals surface area (Å²) in [5, 5.41) is 13.2. The minimum absolute atomic E-state index is 0.279. The second-order valence-electron chi connectivity index (χ2n) is 10.1. The summed E-state index contributed by atoms with van der Waals surface area (Å²) in [7, 11) is 0. The Morgan fingerprint density at radius 2 is 1.80 bits per heavy atom. The summed E-state index contributed by atoms with van der Waals surface area (Å²) in [5.41, 5.74) is 6.93. The van der Waals surface area contributed by atoms with Gasteiger partial charge in [0.15, 0.2) is 0 Å². The zero-order chi connectivity index (χ0) is 27.2. The fourth-order valence-corrected chi connectivity index (χ4v) is 5.90. The van der Waals surface area contributed by atoms with Crippen LogP contribution in [0.2, 0.25) is 0 Å². The van der Waals surface area contributed by atoms with Crippen molar-refractivity contribution in [1.82, 2.24) is 23.5 Å². The molecule has 7 heteroatoms. The van der Waals surface area contributed by atoms with E-state index in [0.29, 0.717) is 23.1 Å². The average molecular weight is 526 g/mol. The molecule has 0 unspecified atom stereocenters. The van der Waals surface area contributed by atoms with Crippen molar-refractivity contribution < 1.29 is 9.90 Å². The summed E-state index contributed by atoms with van der Waals surface area (Å²) in [6, 6.07) is 23.8. The lowest BCUT2D eigenvalue weighted by Gasteiger charge is -2.11. The molecule has 4 heterocycles. The first-order chi connectivity index (χ1) is 19.6. The maximum Gasteiger partial charge on any atom is 0.337 e. The summed E-state index contributed by atoms with van der Waals surface area (Å²) in [6.45, 7) is 3.77. The van der Waals surface area contributed by atoms with Crippen LogP contribution in [0.4, 0.5) is 0 Å². The van der Waals surface area contributed by atoms with E-state index in [2.05, 4.69) is 49.8 Å². The molecule has 196 valence electrons. The zero-order valence-corrected chi connectivity index (χ0v) is 22.0. The topological polar surface area (TPSA) is 77.3 Å². The smallest absolute Gasteiger partial charge is 0.337 e. The molecule has 0 aliphatic heterocycles. The van der Waals surface area contributed by atoms with Crippen LogP contribution in [-0.2, 0) is 19.5 Å². The van der Waals surface area contributed by atoms with Crippen molar-refractivity contribution in [2.45, 2.75) is 26.4 Å². The van der Waals surface area contributed by atoms with Crippen LogP contribution >= 0.6 is 0 Å². The van der Waals surface area contributed by atoms with Gasteiger partial charge in [-0.3, -0.25) is 0 Å². The van der Waals surface area contributed by atoms with Crippen molar-refractivity contribution in [2.24, 2.45) is 0 Å². The number of aryl methyl sites for hydroxylation is 3. The van der Waals surface area contributed by atoms with E-state index in [4.69, 9.17) is 4.98 Å². The van der Waals surface area contributed by atoms with Gasteiger partial charge < -0.3 is 18.6 Å². The van der Waals surface area contributed by atoms with E-state index < -0.39 is 5.97 Å². The molecule has 0 atom stereocenters. The first-order valence-electron chi connectivity index (χ1n) is 13.3. The highest BCUT2D eigenvalue weighted by Crippen LogP contribution is 2.35. The fraction of sp³-hybridized carbons (Fsp3) is 0.121. The number of pyridine rings is 1. The van der Waals surface area contributed by atoms with E-state index in [9.17, 15) is 9.90 Å². The Morgan fingerprint density at radius 3 is 2.65 bits per heavy atom. The van der Waals surface area contributed by atoms with Crippen molar-refractivity contribution in [3.63, 3.8) is 0 Å². The van der Waals surface area contributed by atoms with Crippen LogP contribution in [0.5, 0.6) is 0 Å². The molecule has 0 radical (unpaired) electrons. The summed E-state index contributed by atoms with van der Waals surface area (Å²) >= 11 is 0. The Labute approximate surface area is 230 Å². The molecular formula is C33H27N5O2. The number of nitrogens with zero attached hydrogens (tertiary/aromatic N) is 5. The van der Waals surface area contributed by atoms with Crippen LogP contribution in [0.25, 0.3) is 38.6 Å². The van der Waals surface area contributed by atoms with Gasteiger partial charge in [-0.1, -0.05) is 54.6 Å². The lowest BCUT2D eigenvalue weighted by atomic mass is 9.94. The molecular weight excluding hydrogens is 498 g/mol. The minimum Gasteiger partial charge on any atom is -0.478 e. The Balaban J connectivity index is 1.41. The summed E-state index contributed by atoms with van der Waals surface area (Å²) in [4.78, 5) is 21.8. The fourth-order valence-electron chi connectivity index (χ4n) is 5.90.